The van der Waals surface area contributed by atoms with Crippen LogP contribution < -0.4 is 0 Å². The van der Waals surface area contributed by atoms with E-state index in [-0.39, 0.29) is 5.56 Å². The van der Waals surface area contributed by atoms with Gasteiger partial charge in [-0.1, -0.05) is 42.2 Å². The Bertz CT molecular complexity index is 1310. The topological polar surface area (TPSA) is 9.23 Å². The predicted octanol–water partition coefficient (Wildman–Crippen LogP) is 6.61. The number of rotatable bonds is 3. The first-order chi connectivity index (χ1) is 14.9. The molecule has 0 N–H and O–H groups in total. The van der Waals surface area contributed by atoms with E-state index in [1.807, 2.05) is 12.1 Å². The number of ether oxygens (including phenoxy) is 1. The zero-order chi connectivity index (χ0) is 22.0. The lowest BCUT2D eigenvalue weighted by Crippen LogP contribution is -1.93. The molecule has 31 heavy (non-hydrogen) atoms. The van der Waals surface area contributed by atoms with Crippen molar-refractivity contribution < 1.29 is 22.3 Å². The monoisotopic (exact) mass is 420 g/mol. The molecule has 0 bridgehead atoms. The highest BCUT2D eigenvalue weighted by molar-refractivity contribution is 5.84. The Morgan fingerprint density at radius 1 is 0.645 bits per heavy atom. The van der Waals surface area contributed by atoms with Crippen molar-refractivity contribution in [1.82, 2.24) is 0 Å². The van der Waals surface area contributed by atoms with Gasteiger partial charge in [-0.3, -0.25) is 0 Å². The van der Waals surface area contributed by atoms with Crippen LogP contribution in [0.2, 0.25) is 0 Å². The summed E-state index contributed by atoms with van der Waals surface area (Å²) in [6.45, 7) is 0.452. The van der Waals surface area contributed by atoms with Crippen LogP contribution in [0.15, 0.2) is 66.7 Å². The van der Waals surface area contributed by atoms with Crippen molar-refractivity contribution in [3.8, 4) is 23.0 Å². The molecule has 0 aliphatic rings. The summed E-state index contributed by atoms with van der Waals surface area (Å²) in [5.41, 5.74) is 2.08. The molecule has 0 spiro atoms. The van der Waals surface area contributed by atoms with Crippen molar-refractivity contribution in [1.29, 1.82) is 0 Å². The van der Waals surface area contributed by atoms with Gasteiger partial charge in [0.2, 0.25) is 0 Å². The number of hydrogen-bond donors (Lipinski definition) is 0. The van der Waals surface area contributed by atoms with Crippen LogP contribution in [-0.4, -0.2) is 7.11 Å². The smallest absolute Gasteiger partial charge is 0.159 e. The lowest BCUT2D eigenvalue weighted by molar-refractivity contribution is 0.185. The number of benzene rings is 4. The third kappa shape index (κ3) is 4.45. The molecule has 0 aliphatic heterocycles. The van der Waals surface area contributed by atoms with Crippen molar-refractivity contribution in [3.05, 3.63) is 107 Å². The summed E-state index contributed by atoms with van der Waals surface area (Å²) in [4.78, 5) is 0. The van der Waals surface area contributed by atoms with E-state index in [1.54, 1.807) is 31.4 Å². The lowest BCUT2D eigenvalue weighted by Gasteiger charge is -2.06. The molecular weight excluding hydrogens is 404 g/mol. The van der Waals surface area contributed by atoms with Crippen molar-refractivity contribution in [2.45, 2.75) is 6.61 Å². The molecule has 0 atom stereocenters. The Morgan fingerprint density at radius 3 is 1.94 bits per heavy atom. The Kier molecular flexibility index (Phi) is 5.75. The molecule has 1 nitrogen and oxygen atoms in total. The SMILES string of the molecule is COCc1ccc(-c2cc(F)c(C#Cc3ccc4cc(F)c(F)cc4c3)c(F)c2)cc1. The van der Waals surface area contributed by atoms with E-state index in [1.165, 1.54) is 18.2 Å². The lowest BCUT2D eigenvalue weighted by atomic mass is 10.0. The van der Waals surface area contributed by atoms with Gasteiger partial charge in [0.1, 0.15) is 11.6 Å². The maximum absolute atomic E-state index is 14.6. The Morgan fingerprint density at radius 2 is 1.29 bits per heavy atom. The van der Waals surface area contributed by atoms with Crippen molar-refractivity contribution in [3.63, 3.8) is 0 Å². The molecule has 0 saturated carbocycles. The minimum atomic E-state index is -0.972. The van der Waals surface area contributed by atoms with Crippen LogP contribution in [0.5, 0.6) is 0 Å². The molecule has 0 amide bonds. The minimum absolute atomic E-state index is 0.356. The van der Waals surface area contributed by atoms with Crippen LogP contribution in [0.25, 0.3) is 21.9 Å². The van der Waals surface area contributed by atoms with E-state index in [0.29, 0.717) is 34.1 Å². The molecule has 0 aromatic heterocycles. The van der Waals surface area contributed by atoms with Gasteiger partial charge in [-0.15, -0.1) is 0 Å². The summed E-state index contributed by atoms with van der Waals surface area (Å²) in [6.07, 6.45) is 0. The maximum atomic E-state index is 14.6. The fourth-order valence-electron chi connectivity index (χ4n) is 3.27. The van der Waals surface area contributed by atoms with Crippen LogP contribution in [0, 0.1) is 35.1 Å². The van der Waals surface area contributed by atoms with Crippen LogP contribution in [-0.2, 0) is 11.3 Å². The minimum Gasteiger partial charge on any atom is -0.380 e. The summed E-state index contributed by atoms with van der Waals surface area (Å²) < 4.78 is 61.0. The van der Waals surface area contributed by atoms with E-state index in [4.69, 9.17) is 4.74 Å². The molecule has 0 saturated heterocycles. The first kappa shape index (κ1) is 20.6. The quantitative estimate of drug-likeness (QED) is 0.268. The van der Waals surface area contributed by atoms with Gasteiger partial charge in [-0.25, -0.2) is 17.6 Å². The van der Waals surface area contributed by atoms with Crippen LogP contribution >= 0.6 is 0 Å². The Labute approximate surface area is 176 Å². The molecule has 154 valence electrons. The summed E-state index contributed by atoms with van der Waals surface area (Å²) in [5.74, 6) is 1.72. The van der Waals surface area contributed by atoms with Gasteiger partial charge >= 0.3 is 0 Å². The van der Waals surface area contributed by atoms with Crippen LogP contribution in [0.3, 0.4) is 0 Å². The fraction of sp³-hybridized carbons (Fsp3) is 0.0769. The van der Waals surface area contributed by atoms with Crippen LogP contribution in [0.1, 0.15) is 16.7 Å². The van der Waals surface area contributed by atoms with Gasteiger partial charge in [0, 0.05) is 12.7 Å². The summed E-state index contributed by atoms with van der Waals surface area (Å²) in [7, 11) is 1.59. The average Bonchev–Trinajstić information content (AvgIpc) is 2.75. The highest BCUT2D eigenvalue weighted by Crippen LogP contribution is 2.25. The van der Waals surface area contributed by atoms with E-state index < -0.39 is 23.3 Å². The average molecular weight is 420 g/mol. The predicted molar refractivity (Wildman–Crippen MR) is 112 cm³/mol. The first-order valence-corrected chi connectivity index (χ1v) is 9.43. The Balaban J connectivity index is 1.65. The standard InChI is InChI=1S/C26H16F4O/c1-31-15-17-3-6-18(7-4-17)21-12-23(27)22(24(28)13-21)9-5-16-2-8-19-11-25(29)26(30)14-20(19)10-16/h2-4,6-8,10-14H,15H2,1H3. The molecular formula is C26H16F4O. The van der Waals surface area contributed by atoms with E-state index >= 15 is 0 Å². The molecule has 5 heteroatoms. The molecule has 4 rings (SSSR count). The highest BCUT2D eigenvalue weighted by atomic mass is 19.2. The molecule has 0 aliphatic carbocycles. The number of halogens is 4. The molecule has 4 aromatic rings. The largest absolute Gasteiger partial charge is 0.380 e. The van der Waals surface area contributed by atoms with Crippen molar-refractivity contribution in [2.24, 2.45) is 0 Å². The normalized spacial score (nSPS) is 10.7. The zero-order valence-electron chi connectivity index (χ0n) is 16.5. The third-order valence-corrected chi connectivity index (χ3v) is 4.85. The molecule has 0 fully saturated rings. The van der Waals surface area contributed by atoms with Crippen molar-refractivity contribution in [2.75, 3.05) is 7.11 Å². The first-order valence-electron chi connectivity index (χ1n) is 9.43. The van der Waals surface area contributed by atoms with Gasteiger partial charge in [-0.2, -0.15) is 0 Å². The zero-order valence-corrected chi connectivity index (χ0v) is 16.5. The second-order valence-corrected chi connectivity index (χ2v) is 7.02. The van der Waals surface area contributed by atoms with Gasteiger partial charge in [0.05, 0.1) is 12.2 Å². The van der Waals surface area contributed by atoms with Crippen LogP contribution in [0.4, 0.5) is 17.6 Å². The van der Waals surface area contributed by atoms with Gasteiger partial charge < -0.3 is 4.74 Å². The third-order valence-electron chi connectivity index (χ3n) is 4.85. The van der Waals surface area contributed by atoms with Gasteiger partial charge in [-0.05, 0) is 63.9 Å². The maximum Gasteiger partial charge on any atom is 0.159 e. The number of hydrogen-bond acceptors (Lipinski definition) is 1. The van der Waals surface area contributed by atoms with Gasteiger partial charge in [0.15, 0.2) is 11.6 Å². The summed E-state index contributed by atoms with van der Waals surface area (Å²) in [6, 6.07) is 16.5. The second kappa shape index (κ2) is 8.63. The van der Waals surface area contributed by atoms with Crippen molar-refractivity contribution >= 4 is 10.8 Å². The van der Waals surface area contributed by atoms with E-state index in [2.05, 4.69) is 11.8 Å². The Hall–Kier alpha value is -3.62. The van der Waals surface area contributed by atoms with E-state index in [0.717, 1.165) is 17.7 Å². The highest BCUT2D eigenvalue weighted by Gasteiger charge is 2.11. The number of methoxy groups -OCH3 is 1. The van der Waals surface area contributed by atoms with E-state index in [9.17, 15) is 17.6 Å². The second-order valence-electron chi connectivity index (χ2n) is 7.02. The van der Waals surface area contributed by atoms with Gasteiger partial charge in [0.25, 0.3) is 0 Å². The summed E-state index contributed by atoms with van der Waals surface area (Å²) >= 11 is 0. The molecule has 0 radical (unpaired) electrons. The molecule has 4 aromatic carbocycles. The summed E-state index contributed by atoms with van der Waals surface area (Å²) in [5, 5.41) is 0.946. The molecule has 0 heterocycles. The molecule has 0 unspecified atom stereocenters. The fourth-order valence-corrected chi connectivity index (χ4v) is 3.27. The number of fused-ring (bicyclic) bond motifs is 1.